The summed E-state index contributed by atoms with van der Waals surface area (Å²) in [7, 11) is 3.28. The third kappa shape index (κ3) is 11.1. The van der Waals surface area contributed by atoms with Crippen LogP contribution in [0.1, 0.15) is 71.9 Å². The van der Waals surface area contributed by atoms with Crippen molar-refractivity contribution in [2.75, 3.05) is 27.5 Å². The zero-order valence-electron chi connectivity index (χ0n) is 29.0. The molecule has 4 unspecified atom stereocenters. The molecule has 1 saturated heterocycles. The highest BCUT2D eigenvalue weighted by molar-refractivity contribution is 5.96. The van der Waals surface area contributed by atoms with Crippen LogP contribution in [0.4, 0.5) is 0 Å². The third-order valence-electron chi connectivity index (χ3n) is 7.84. The van der Waals surface area contributed by atoms with Crippen LogP contribution in [0.2, 0.25) is 0 Å². The average molecular weight is 692 g/mol. The van der Waals surface area contributed by atoms with Gasteiger partial charge >= 0.3 is 11.9 Å². The number of esters is 2. The molecule has 1 aliphatic heterocycles. The van der Waals surface area contributed by atoms with Crippen LogP contribution in [0.5, 0.6) is 0 Å². The van der Waals surface area contributed by atoms with Crippen molar-refractivity contribution in [3.8, 4) is 0 Å². The largest absolute Gasteiger partial charge is 0.460 e. The molecule has 4 rings (SSSR count). The summed E-state index contributed by atoms with van der Waals surface area (Å²) in [6.07, 6.45) is 3.05. The summed E-state index contributed by atoms with van der Waals surface area (Å²) in [6.45, 7) is 5.03. The highest BCUT2D eigenvalue weighted by atomic mass is 16.7. The lowest BCUT2D eigenvalue weighted by Gasteiger charge is -2.30. The van der Waals surface area contributed by atoms with Gasteiger partial charge in [-0.1, -0.05) is 24.3 Å². The van der Waals surface area contributed by atoms with Crippen LogP contribution in [-0.2, 0) is 39.9 Å². The van der Waals surface area contributed by atoms with Gasteiger partial charge in [-0.25, -0.2) is 4.79 Å². The van der Waals surface area contributed by atoms with Crippen LogP contribution >= 0.6 is 0 Å². The molecule has 0 aromatic heterocycles. The van der Waals surface area contributed by atoms with Crippen molar-refractivity contribution in [2.45, 2.75) is 76.5 Å². The fourth-order valence-corrected chi connectivity index (χ4v) is 5.30. The van der Waals surface area contributed by atoms with Gasteiger partial charge in [0.1, 0.15) is 30.7 Å². The van der Waals surface area contributed by atoms with Crippen LogP contribution < -0.4 is 10.6 Å². The van der Waals surface area contributed by atoms with Crippen molar-refractivity contribution in [2.24, 2.45) is 0 Å². The topological polar surface area (TPSA) is 170 Å². The Bertz CT molecular complexity index is 1630. The molecule has 1 aliphatic carbocycles. The van der Waals surface area contributed by atoms with Crippen molar-refractivity contribution < 1.29 is 48.0 Å². The first-order valence-corrected chi connectivity index (χ1v) is 16.4. The molecular formula is C37H45N3O10. The van der Waals surface area contributed by atoms with Gasteiger partial charge in [-0.05, 0) is 74.7 Å². The molecule has 2 aromatic rings. The Morgan fingerprint density at radius 3 is 2.48 bits per heavy atom. The molecule has 4 atom stereocenters. The number of hydrogen-bond acceptors (Lipinski definition) is 10. The predicted octanol–water partition coefficient (Wildman–Crippen LogP) is 2.91. The second kappa shape index (κ2) is 17.2. The van der Waals surface area contributed by atoms with Gasteiger partial charge in [-0.2, -0.15) is 0 Å². The fraction of sp³-hybridized carbons (Fsp3) is 0.432. The molecule has 0 spiro atoms. The summed E-state index contributed by atoms with van der Waals surface area (Å²) in [4.78, 5) is 64.8. The molecule has 2 aromatic carbocycles. The molecule has 50 heavy (non-hydrogen) atoms. The number of carbonyl (C=O) groups is 5. The number of carbonyl (C=O) groups excluding carboxylic acids is 5. The first-order valence-electron chi connectivity index (χ1n) is 16.4. The molecule has 13 nitrogen and oxygen atoms in total. The van der Waals surface area contributed by atoms with Crippen LogP contribution in [0.3, 0.4) is 0 Å². The summed E-state index contributed by atoms with van der Waals surface area (Å²) in [5.74, 6) is -2.05. The van der Waals surface area contributed by atoms with Gasteiger partial charge in [0.05, 0.1) is 18.2 Å². The van der Waals surface area contributed by atoms with Crippen LogP contribution in [0.25, 0.3) is 6.08 Å². The molecule has 13 heteroatoms. The molecule has 0 bridgehead atoms. The zero-order chi connectivity index (χ0) is 36.4. The van der Waals surface area contributed by atoms with E-state index in [-0.39, 0.29) is 50.7 Å². The van der Waals surface area contributed by atoms with Crippen LogP contribution in [0, 0.1) is 0 Å². The predicted molar refractivity (Wildman–Crippen MR) is 182 cm³/mol. The van der Waals surface area contributed by atoms with Gasteiger partial charge in [-0.3, -0.25) is 19.2 Å². The summed E-state index contributed by atoms with van der Waals surface area (Å²) >= 11 is 0. The maximum absolute atomic E-state index is 13.3. The quantitative estimate of drug-likeness (QED) is 0.210. The van der Waals surface area contributed by atoms with Gasteiger partial charge in [0.25, 0.3) is 5.91 Å². The Labute approximate surface area is 291 Å². The van der Waals surface area contributed by atoms with Gasteiger partial charge < -0.3 is 39.6 Å². The molecule has 3 amide bonds. The monoisotopic (exact) mass is 691 g/mol. The Morgan fingerprint density at radius 2 is 1.76 bits per heavy atom. The molecule has 0 saturated carbocycles. The number of ether oxygens (including phenoxy) is 4. The zero-order valence-corrected chi connectivity index (χ0v) is 29.0. The van der Waals surface area contributed by atoms with E-state index in [9.17, 15) is 29.1 Å². The van der Waals surface area contributed by atoms with Crippen LogP contribution in [-0.4, -0.2) is 97.1 Å². The number of aliphatic hydroxyl groups excluding tert-OH is 1. The normalized spacial score (nSPS) is 19.2. The minimum absolute atomic E-state index is 0.0119. The molecule has 1 heterocycles. The summed E-state index contributed by atoms with van der Waals surface area (Å²) in [5, 5.41) is 15.4. The van der Waals surface area contributed by atoms with Gasteiger partial charge in [0.15, 0.2) is 0 Å². The summed E-state index contributed by atoms with van der Waals surface area (Å²) in [6, 6.07) is 12.7. The number of rotatable bonds is 13. The Kier molecular flexibility index (Phi) is 13.1. The number of aliphatic hydroxyl groups is 1. The number of likely N-dealkylation sites (N-methyl/N-ethyl adjacent to an activating group) is 1. The molecule has 3 N–H and O–H groups in total. The van der Waals surface area contributed by atoms with E-state index in [1.807, 2.05) is 0 Å². The van der Waals surface area contributed by atoms with Crippen molar-refractivity contribution in [1.29, 1.82) is 0 Å². The van der Waals surface area contributed by atoms with Crippen molar-refractivity contribution in [3.63, 3.8) is 0 Å². The van der Waals surface area contributed by atoms with E-state index in [1.54, 1.807) is 95.5 Å². The first kappa shape index (κ1) is 38.0. The maximum Gasteiger partial charge on any atom is 0.338 e. The lowest BCUT2D eigenvalue weighted by molar-refractivity contribution is -0.155. The van der Waals surface area contributed by atoms with E-state index >= 15 is 0 Å². The SMILES string of the molecule is CN(C)C(=O)C=Cc1cccc(C(=O)OC2CC(C(=O)NCc3cccc(C(=O)NC(CO)CCC(=O)OC(C)(C)C)c3)=CC3OCOC32)c1. The molecule has 0 radical (unpaired) electrons. The summed E-state index contributed by atoms with van der Waals surface area (Å²) < 4.78 is 22.5. The minimum Gasteiger partial charge on any atom is -0.460 e. The Morgan fingerprint density at radius 1 is 1.02 bits per heavy atom. The summed E-state index contributed by atoms with van der Waals surface area (Å²) in [5.41, 5.74) is 1.62. The Hall–Kier alpha value is -4.85. The fourth-order valence-electron chi connectivity index (χ4n) is 5.30. The lowest BCUT2D eigenvalue weighted by atomic mass is 9.91. The van der Waals surface area contributed by atoms with E-state index in [2.05, 4.69) is 10.6 Å². The van der Waals surface area contributed by atoms with Crippen molar-refractivity contribution in [3.05, 3.63) is 88.5 Å². The van der Waals surface area contributed by atoms with E-state index < -0.39 is 53.7 Å². The highest BCUT2D eigenvalue weighted by Crippen LogP contribution is 2.31. The number of amides is 3. The van der Waals surface area contributed by atoms with E-state index in [4.69, 9.17) is 18.9 Å². The number of hydrogen-bond donors (Lipinski definition) is 3. The Balaban J connectivity index is 1.34. The van der Waals surface area contributed by atoms with E-state index in [0.29, 0.717) is 22.3 Å². The molecule has 2 aliphatic rings. The minimum atomic E-state index is -0.794. The van der Waals surface area contributed by atoms with E-state index in [1.165, 1.54) is 11.0 Å². The standard InChI is InChI=1S/C37H45N3O10/c1-37(2,3)50-32(43)15-13-28(21-41)39-35(45)25-10-7-9-24(17-25)20-38-34(44)27-18-29-33(48-22-47-29)30(19-27)49-36(46)26-11-6-8-23(16-26)12-14-31(42)40(4)5/h6-12,14,16-18,28-30,33,41H,13,15,19-22H2,1-5H3,(H,38,44)(H,39,45). The average Bonchev–Trinajstić information content (AvgIpc) is 3.56. The second-order valence-corrected chi connectivity index (χ2v) is 13.3. The van der Waals surface area contributed by atoms with E-state index in [0.717, 1.165) is 0 Å². The van der Waals surface area contributed by atoms with Crippen molar-refractivity contribution in [1.82, 2.24) is 15.5 Å². The lowest BCUT2D eigenvalue weighted by Crippen LogP contribution is -2.43. The van der Waals surface area contributed by atoms with Crippen molar-refractivity contribution >= 4 is 35.7 Å². The second-order valence-electron chi connectivity index (χ2n) is 13.3. The molecule has 1 fully saturated rings. The number of nitrogens with one attached hydrogen (secondary N) is 2. The van der Waals surface area contributed by atoms with Gasteiger partial charge in [-0.15, -0.1) is 0 Å². The molecule has 268 valence electrons. The number of nitrogens with zero attached hydrogens (tertiary/aromatic N) is 1. The molecular weight excluding hydrogens is 646 g/mol. The van der Waals surface area contributed by atoms with Gasteiger partial charge in [0.2, 0.25) is 11.8 Å². The van der Waals surface area contributed by atoms with Gasteiger partial charge in [0, 0.05) is 50.7 Å². The smallest absolute Gasteiger partial charge is 0.338 e. The first-order chi connectivity index (χ1) is 23.7. The van der Waals surface area contributed by atoms with Crippen LogP contribution in [0.15, 0.2) is 66.3 Å². The number of benzene rings is 2. The third-order valence-corrected chi connectivity index (χ3v) is 7.84. The maximum atomic E-state index is 13.3. The highest BCUT2D eigenvalue weighted by Gasteiger charge is 2.42. The number of fused-ring (bicyclic) bond motifs is 1.